The zero-order valence-electron chi connectivity index (χ0n) is 15.4. The van der Waals surface area contributed by atoms with Gasteiger partial charge in [-0.3, -0.25) is 4.79 Å². The molecular formula is C19H19ClN4O3. The third-order valence-corrected chi connectivity index (χ3v) is 4.39. The third kappa shape index (κ3) is 3.64. The highest BCUT2D eigenvalue weighted by atomic mass is 35.5. The molecule has 2 heterocycles. The van der Waals surface area contributed by atoms with Crippen molar-refractivity contribution >= 4 is 40.2 Å². The van der Waals surface area contributed by atoms with Gasteiger partial charge in [-0.25, -0.2) is 14.5 Å². The van der Waals surface area contributed by atoms with E-state index in [1.54, 1.807) is 16.9 Å². The second-order valence-electron chi connectivity index (χ2n) is 6.37. The molecular weight excluding hydrogens is 368 g/mol. The molecule has 0 bridgehead atoms. The number of nitrogens with zero attached hydrogens (tertiary/aromatic N) is 3. The fourth-order valence-corrected chi connectivity index (χ4v) is 2.93. The van der Waals surface area contributed by atoms with Gasteiger partial charge in [-0.15, -0.1) is 0 Å². The van der Waals surface area contributed by atoms with E-state index in [0.29, 0.717) is 38.6 Å². The first kappa shape index (κ1) is 18.8. The zero-order chi connectivity index (χ0) is 19.7. The van der Waals surface area contributed by atoms with Gasteiger partial charge in [-0.05, 0) is 45.0 Å². The Kier molecular flexibility index (Phi) is 5.14. The van der Waals surface area contributed by atoms with Crippen LogP contribution in [0.3, 0.4) is 0 Å². The molecule has 1 N–H and O–H groups in total. The largest absolute Gasteiger partial charge is 0.465 e. The number of nitrogens with one attached hydrogen (secondary N) is 1. The Morgan fingerprint density at radius 3 is 2.67 bits per heavy atom. The van der Waals surface area contributed by atoms with Crippen molar-refractivity contribution < 1.29 is 14.3 Å². The number of pyridine rings is 1. The first-order chi connectivity index (χ1) is 12.8. The van der Waals surface area contributed by atoms with Crippen molar-refractivity contribution in [3.63, 3.8) is 0 Å². The van der Waals surface area contributed by atoms with Gasteiger partial charge in [0.15, 0.2) is 5.65 Å². The summed E-state index contributed by atoms with van der Waals surface area (Å²) in [5, 5.41) is 8.06. The number of rotatable bonds is 4. The lowest BCUT2D eigenvalue weighted by atomic mass is 10.1. The number of methoxy groups -OCH3 is 1. The number of halogens is 1. The van der Waals surface area contributed by atoms with Gasteiger partial charge in [0.25, 0.3) is 5.91 Å². The molecule has 0 aliphatic heterocycles. The number of esters is 1. The van der Waals surface area contributed by atoms with E-state index in [2.05, 4.69) is 15.4 Å². The van der Waals surface area contributed by atoms with Gasteiger partial charge in [-0.1, -0.05) is 11.6 Å². The molecule has 0 fully saturated rings. The Bertz CT molecular complexity index is 1040. The smallest absolute Gasteiger partial charge is 0.337 e. The number of fused-ring (bicyclic) bond motifs is 1. The van der Waals surface area contributed by atoms with Crippen molar-refractivity contribution in [1.29, 1.82) is 0 Å². The van der Waals surface area contributed by atoms with Crippen LogP contribution in [0.5, 0.6) is 0 Å². The molecule has 0 radical (unpaired) electrons. The lowest BCUT2D eigenvalue weighted by Crippen LogP contribution is -2.14. The van der Waals surface area contributed by atoms with Gasteiger partial charge >= 0.3 is 5.97 Å². The molecule has 0 spiro atoms. The van der Waals surface area contributed by atoms with E-state index >= 15 is 0 Å². The van der Waals surface area contributed by atoms with Gasteiger partial charge in [0.1, 0.15) is 0 Å². The van der Waals surface area contributed by atoms with Crippen LogP contribution in [0.2, 0.25) is 5.02 Å². The minimum absolute atomic E-state index is 0.110. The van der Waals surface area contributed by atoms with E-state index in [1.807, 2.05) is 20.8 Å². The van der Waals surface area contributed by atoms with Crippen LogP contribution < -0.4 is 5.32 Å². The summed E-state index contributed by atoms with van der Waals surface area (Å²) in [4.78, 5) is 29.1. The summed E-state index contributed by atoms with van der Waals surface area (Å²) in [7, 11) is 1.29. The summed E-state index contributed by atoms with van der Waals surface area (Å²) in [5.41, 5.74) is 2.39. The number of hydrogen-bond donors (Lipinski definition) is 1. The Hall–Kier alpha value is -2.93. The van der Waals surface area contributed by atoms with E-state index in [4.69, 9.17) is 16.3 Å². The Balaban J connectivity index is 2.01. The molecule has 0 atom stereocenters. The topological polar surface area (TPSA) is 86.1 Å². The average molecular weight is 387 g/mol. The molecule has 8 heteroatoms. The maximum absolute atomic E-state index is 12.9. The molecule has 0 aliphatic rings. The number of carbonyl (C=O) groups excluding carboxylic acids is 2. The van der Waals surface area contributed by atoms with Crippen molar-refractivity contribution in [3.05, 3.63) is 52.3 Å². The fraction of sp³-hybridized carbons (Fsp3) is 0.263. The van der Waals surface area contributed by atoms with Crippen LogP contribution in [0.15, 0.2) is 30.5 Å². The van der Waals surface area contributed by atoms with Crippen LogP contribution in [0, 0.1) is 6.92 Å². The van der Waals surface area contributed by atoms with Crippen LogP contribution in [-0.4, -0.2) is 33.8 Å². The molecule has 2 aromatic heterocycles. The van der Waals surface area contributed by atoms with Gasteiger partial charge in [0, 0.05) is 11.7 Å². The van der Waals surface area contributed by atoms with Crippen LogP contribution in [0.1, 0.15) is 46.3 Å². The van der Waals surface area contributed by atoms with Crippen LogP contribution in [0.4, 0.5) is 5.69 Å². The molecule has 3 aromatic rings. The monoisotopic (exact) mass is 386 g/mol. The van der Waals surface area contributed by atoms with E-state index < -0.39 is 5.97 Å². The Morgan fingerprint density at radius 2 is 2.00 bits per heavy atom. The van der Waals surface area contributed by atoms with Crippen molar-refractivity contribution in [2.24, 2.45) is 0 Å². The van der Waals surface area contributed by atoms with Crippen molar-refractivity contribution in [2.75, 3.05) is 12.4 Å². The number of amides is 1. The van der Waals surface area contributed by atoms with Crippen molar-refractivity contribution in [2.45, 2.75) is 26.8 Å². The second kappa shape index (κ2) is 7.36. The molecule has 0 saturated heterocycles. The Labute approximate surface area is 161 Å². The number of hydrogen-bond acceptors (Lipinski definition) is 5. The normalized spacial score (nSPS) is 11.0. The maximum atomic E-state index is 12.9. The van der Waals surface area contributed by atoms with Crippen LogP contribution in [-0.2, 0) is 4.74 Å². The first-order valence-corrected chi connectivity index (χ1v) is 8.73. The lowest BCUT2D eigenvalue weighted by molar-refractivity contribution is 0.0600. The lowest BCUT2D eigenvalue weighted by Gasteiger charge is -2.11. The standard InChI is InChI=1S/C19H19ClN4O3/c1-10(2)24-17-14(9-21-24)13(7-11(3)22-17)18(25)23-16-8-12(19(26)27-4)5-6-15(16)20/h5-10H,1-4H3,(H,23,25). The van der Waals surface area contributed by atoms with Crippen molar-refractivity contribution in [3.8, 4) is 0 Å². The molecule has 0 aliphatic carbocycles. The summed E-state index contributed by atoms with van der Waals surface area (Å²) in [5.74, 6) is -0.875. The van der Waals surface area contributed by atoms with Crippen LogP contribution in [0.25, 0.3) is 11.0 Å². The molecule has 1 amide bonds. The molecule has 7 nitrogen and oxygen atoms in total. The number of anilines is 1. The SMILES string of the molecule is COC(=O)c1ccc(Cl)c(NC(=O)c2cc(C)nc3c2cnn3C(C)C)c1. The number of ether oxygens (including phenoxy) is 1. The summed E-state index contributed by atoms with van der Waals surface area (Å²) < 4.78 is 6.47. The van der Waals surface area contributed by atoms with Crippen molar-refractivity contribution in [1.82, 2.24) is 14.8 Å². The van der Waals surface area contributed by atoms with E-state index in [0.717, 1.165) is 0 Å². The molecule has 0 saturated carbocycles. The summed E-state index contributed by atoms with van der Waals surface area (Å²) in [6.45, 7) is 5.81. The zero-order valence-corrected chi connectivity index (χ0v) is 16.2. The predicted octanol–water partition coefficient (Wildman–Crippen LogP) is 4.01. The number of aromatic nitrogens is 3. The highest BCUT2D eigenvalue weighted by Crippen LogP contribution is 2.26. The third-order valence-electron chi connectivity index (χ3n) is 4.06. The quantitative estimate of drug-likeness (QED) is 0.684. The van der Waals surface area contributed by atoms with Gasteiger partial charge in [0.2, 0.25) is 0 Å². The summed E-state index contributed by atoms with van der Waals surface area (Å²) >= 11 is 6.18. The average Bonchev–Trinajstić information content (AvgIpc) is 3.05. The first-order valence-electron chi connectivity index (χ1n) is 8.36. The van der Waals surface area contributed by atoms with E-state index in [-0.39, 0.29) is 11.9 Å². The summed E-state index contributed by atoms with van der Waals surface area (Å²) in [6, 6.07) is 6.36. The van der Waals surface area contributed by atoms with Gasteiger partial charge < -0.3 is 10.1 Å². The molecule has 0 unspecified atom stereocenters. The summed E-state index contributed by atoms with van der Waals surface area (Å²) in [6.07, 6.45) is 1.63. The maximum Gasteiger partial charge on any atom is 0.337 e. The molecule has 1 aromatic carbocycles. The van der Waals surface area contributed by atoms with Gasteiger partial charge in [0.05, 0.1) is 40.5 Å². The minimum atomic E-state index is -0.512. The van der Waals surface area contributed by atoms with Gasteiger partial charge in [-0.2, -0.15) is 5.10 Å². The highest BCUT2D eigenvalue weighted by Gasteiger charge is 2.18. The number of aryl methyl sites for hydroxylation is 1. The second-order valence-corrected chi connectivity index (χ2v) is 6.78. The molecule has 140 valence electrons. The number of benzene rings is 1. The highest BCUT2D eigenvalue weighted by molar-refractivity contribution is 6.34. The van der Waals surface area contributed by atoms with E-state index in [9.17, 15) is 9.59 Å². The van der Waals surface area contributed by atoms with Crippen LogP contribution >= 0.6 is 11.6 Å². The Morgan fingerprint density at radius 1 is 1.26 bits per heavy atom. The molecule has 27 heavy (non-hydrogen) atoms. The number of carbonyl (C=O) groups is 2. The minimum Gasteiger partial charge on any atom is -0.465 e. The molecule has 3 rings (SSSR count). The fourth-order valence-electron chi connectivity index (χ4n) is 2.76. The predicted molar refractivity (Wildman–Crippen MR) is 103 cm³/mol. The van der Waals surface area contributed by atoms with E-state index in [1.165, 1.54) is 25.3 Å².